The smallest absolute Gasteiger partial charge is 0.322 e. The normalized spacial score (nSPS) is 13.8. The number of hydrogen-bond donors (Lipinski definition) is 1. The fourth-order valence-corrected chi connectivity index (χ4v) is 4.71. The number of para-hydroxylation sites is 1. The van der Waals surface area contributed by atoms with Crippen molar-refractivity contribution in [1.29, 1.82) is 0 Å². The van der Waals surface area contributed by atoms with Crippen LogP contribution in [-0.4, -0.2) is 31.1 Å². The van der Waals surface area contributed by atoms with E-state index < -0.39 is 15.9 Å². The van der Waals surface area contributed by atoms with Crippen LogP contribution in [0.3, 0.4) is 0 Å². The van der Waals surface area contributed by atoms with E-state index in [2.05, 4.69) is 15.5 Å². The number of aryl methyl sites for hydroxylation is 2. The Morgan fingerprint density at radius 2 is 1.86 bits per heavy atom. The van der Waals surface area contributed by atoms with Crippen molar-refractivity contribution in [3.8, 4) is 0 Å². The number of amides is 1. The van der Waals surface area contributed by atoms with Gasteiger partial charge in [0, 0.05) is 19.0 Å². The molecule has 0 fully saturated rings. The molecule has 3 aromatic rings. The molecular formula is C19H18N4O4S. The Bertz CT molecular complexity index is 1120. The van der Waals surface area contributed by atoms with E-state index in [9.17, 15) is 13.2 Å². The summed E-state index contributed by atoms with van der Waals surface area (Å²) in [5.41, 5.74) is 2.01. The maximum atomic E-state index is 13.1. The summed E-state index contributed by atoms with van der Waals surface area (Å²) in [5.74, 6) is -0.130. The van der Waals surface area contributed by atoms with Gasteiger partial charge in [0.2, 0.25) is 5.89 Å². The molecule has 4 rings (SSSR count). The molecule has 0 unspecified atom stereocenters. The van der Waals surface area contributed by atoms with Gasteiger partial charge in [-0.3, -0.25) is 14.4 Å². The topological polar surface area (TPSA) is 105 Å². The van der Waals surface area contributed by atoms with Gasteiger partial charge in [-0.05, 0) is 48.7 Å². The van der Waals surface area contributed by atoms with E-state index in [0.717, 1.165) is 18.4 Å². The number of benzene rings is 2. The third-order valence-electron chi connectivity index (χ3n) is 4.52. The lowest BCUT2D eigenvalue weighted by molar-refractivity contribution is 0.102. The summed E-state index contributed by atoms with van der Waals surface area (Å²) in [6, 6.07) is 13.3. The van der Waals surface area contributed by atoms with Gasteiger partial charge in [0.05, 0.1) is 10.6 Å². The molecule has 2 aromatic carbocycles. The van der Waals surface area contributed by atoms with Gasteiger partial charge >= 0.3 is 6.01 Å². The van der Waals surface area contributed by atoms with Crippen molar-refractivity contribution < 1.29 is 17.6 Å². The monoisotopic (exact) mass is 398 g/mol. The molecule has 9 heteroatoms. The lowest BCUT2D eigenvalue weighted by Crippen LogP contribution is -2.35. The quantitative estimate of drug-likeness (QED) is 0.724. The minimum Gasteiger partial charge on any atom is -0.408 e. The zero-order chi connectivity index (χ0) is 19.7. The highest BCUT2D eigenvalue weighted by Gasteiger charge is 2.29. The number of nitrogens with zero attached hydrogens (tertiary/aromatic N) is 3. The van der Waals surface area contributed by atoms with E-state index in [0.29, 0.717) is 18.1 Å². The molecule has 0 saturated carbocycles. The fraction of sp³-hybridized carbons (Fsp3) is 0.211. The van der Waals surface area contributed by atoms with E-state index in [4.69, 9.17) is 4.42 Å². The highest BCUT2D eigenvalue weighted by atomic mass is 32.2. The van der Waals surface area contributed by atoms with Gasteiger partial charge in [0.25, 0.3) is 15.9 Å². The number of fused-ring (bicyclic) bond motifs is 1. The summed E-state index contributed by atoms with van der Waals surface area (Å²) in [6.07, 6.45) is 1.62. The Kier molecular flexibility index (Phi) is 4.60. The molecule has 0 aliphatic carbocycles. The molecule has 144 valence electrons. The molecule has 0 radical (unpaired) electrons. The number of sulfonamides is 1. The van der Waals surface area contributed by atoms with Crippen LogP contribution in [0.2, 0.25) is 0 Å². The van der Waals surface area contributed by atoms with Gasteiger partial charge in [-0.15, -0.1) is 5.10 Å². The summed E-state index contributed by atoms with van der Waals surface area (Å²) in [6.45, 7) is 2.04. The molecule has 1 aliphatic rings. The highest BCUT2D eigenvalue weighted by molar-refractivity contribution is 7.92. The molecule has 1 amide bonds. The van der Waals surface area contributed by atoms with Gasteiger partial charge < -0.3 is 4.42 Å². The van der Waals surface area contributed by atoms with Crippen molar-refractivity contribution in [2.24, 2.45) is 0 Å². The van der Waals surface area contributed by atoms with Crippen LogP contribution in [0.15, 0.2) is 57.8 Å². The molecule has 0 saturated heterocycles. The summed E-state index contributed by atoms with van der Waals surface area (Å²) in [7, 11) is -3.71. The summed E-state index contributed by atoms with van der Waals surface area (Å²) < 4.78 is 32.8. The molecular weight excluding hydrogens is 380 g/mol. The van der Waals surface area contributed by atoms with Crippen molar-refractivity contribution in [1.82, 2.24) is 10.2 Å². The van der Waals surface area contributed by atoms with Crippen LogP contribution in [0.4, 0.5) is 11.7 Å². The molecule has 1 N–H and O–H groups in total. The van der Waals surface area contributed by atoms with Gasteiger partial charge in [0.1, 0.15) is 0 Å². The predicted molar refractivity (Wildman–Crippen MR) is 103 cm³/mol. The number of nitrogens with one attached hydrogen (secondary N) is 1. The SMILES string of the molecule is Cc1nnc(NC(=O)c2ccc(S(=O)(=O)N3CCCc4ccccc43)cc2)o1. The van der Waals surface area contributed by atoms with Crippen LogP contribution in [0.5, 0.6) is 0 Å². The molecule has 0 atom stereocenters. The Balaban J connectivity index is 1.57. The van der Waals surface area contributed by atoms with E-state index in [1.54, 1.807) is 6.92 Å². The first kappa shape index (κ1) is 18.2. The second-order valence-corrected chi connectivity index (χ2v) is 8.28. The maximum absolute atomic E-state index is 13.1. The first-order valence-corrected chi connectivity index (χ1v) is 10.2. The van der Waals surface area contributed by atoms with E-state index in [1.807, 2.05) is 24.3 Å². The lowest BCUT2D eigenvalue weighted by Gasteiger charge is -2.30. The third kappa shape index (κ3) is 3.36. The van der Waals surface area contributed by atoms with Gasteiger partial charge in [-0.1, -0.05) is 23.3 Å². The zero-order valence-corrected chi connectivity index (χ0v) is 15.9. The van der Waals surface area contributed by atoms with Crippen LogP contribution < -0.4 is 9.62 Å². The second kappa shape index (κ2) is 7.08. The Morgan fingerprint density at radius 3 is 2.57 bits per heavy atom. The molecule has 0 bridgehead atoms. The minimum absolute atomic E-state index is 0.0101. The molecule has 0 spiro atoms. The van der Waals surface area contributed by atoms with Crippen molar-refractivity contribution in [2.75, 3.05) is 16.2 Å². The third-order valence-corrected chi connectivity index (χ3v) is 6.35. The van der Waals surface area contributed by atoms with E-state index in [-0.39, 0.29) is 16.5 Å². The maximum Gasteiger partial charge on any atom is 0.322 e. The lowest BCUT2D eigenvalue weighted by atomic mass is 10.0. The van der Waals surface area contributed by atoms with Crippen LogP contribution >= 0.6 is 0 Å². The van der Waals surface area contributed by atoms with Gasteiger partial charge in [-0.25, -0.2) is 8.42 Å². The standard InChI is InChI=1S/C19H18N4O4S/c1-13-21-22-19(27-13)20-18(24)15-8-10-16(11-9-15)28(25,26)23-12-4-6-14-5-2-3-7-17(14)23/h2-3,5,7-11H,4,6,12H2,1H3,(H,20,22,24). The van der Waals surface area contributed by atoms with Crippen molar-refractivity contribution >= 4 is 27.6 Å². The molecule has 8 nitrogen and oxygen atoms in total. The summed E-state index contributed by atoms with van der Waals surface area (Å²) in [4.78, 5) is 12.4. The van der Waals surface area contributed by atoms with E-state index >= 15 is 0 Å². The van der Waals surface area contributed by atoms with E-state index in [1.165, 1.54) is 28.6 Å². The number of carbonyl (C=O) groups is 1. The average Bonchev–Trinajstić information content (AvgIpc) is 3.12. The van der Waals surface area contributed by atoms with Crippen LogP contribution in [0.1, 0.15) is 28.2 Å². The van der Waals surface area contributed by atoms with Gasteiger partial charge in [-0.2, -0.15) is 0 Å². The van der Waals surface area contributed by atoms with Crippen molar-refractivity contribution in [3.63, 3.8) is 0 Å². The second-order valence-electron chi connectivity index (χ2n) is 6.41. The largest absolute Gasteiger partial charge is 0.408 e. The highest BCUT2D eigenvalue weighted by Crippen LogP contribution is 2.31. The number of carbonyl (C=O) groups excluding carboxylic acids is 1. The number of hydrogen-bond acceptors (Lipinski definition) is 6. The number of anilines is 2. The first-order chi connectivity index (χ1) is 13.4. The number of rotatable bonds is 4. The minimum atomic E-state index is -3.71. The average molecular weight is 398 g/mol. The summed E-state index contributed by atoms with van der Waals surface area (Å²) in [5, 5.41) is 9.81. The molecule has 28 heavy (non-hydrogen) atoms. The number of aromatic nitrogens is 2. The van der Waals surface area contributed by atoms with Crippen LogP contribution in [0.25, 0.3) is 0 Å². The van der Waals surface area contributed by atoms with Crippen LogP contribution in [0, 0.1) is 6.92 Å². The summed E-state index contributed by atoms with van der Waals surface area (Å²) >= 11 is 0. The first-order valence-electron chi connectivity index (χ1n) is 8.77. The molecule has 1 aromatic heterocycles. The van der Waals surface area contributed by atoms with Crippen molar-refractivity contribution in [2.45, 2.75) is 24.7 Å². The predicted octanol–water partition coefficient (Wildman–Crippen LogP) is 2.77. The molecule has 1 aliphatic heterocycles. The van der Waals surface area contributed by atoms with Gasteiger partial charge in [0.15, 0.2) is 0 Å². The van der Waals surface area contributed by atoms with Crippen molar-refractivity contribution in [3.05, 3.63) is 65.5 Å². The Morgan fingerprint density at radius 1 is 1.11 bits per heavy atom. The fourth-order valence-electron chi connectivity index (χ4n) is 3.17. The van der Waals surface area contributed by atoms with Crippen LogP contribution in [-0.2, 0) is 16.4 Å². The zero-order valence-electron chi connectivity index (χ0n) is 15.1. The Labute approximate surface area is 162 Å². The Hall–Kier alpha value is -3.20. The molecule has 2 heterocycles.